The molecule has 3 nitrogen and oxygen atoms in total. The summed E-state index contributed by atoms with van der Waals surface area (Å²) in [6, 6.07) is 1.94. The second kappa shape index (κ2) is 3.96. The third kappa shape index (κ3) is 2.06. The molecular weight excluding hydrogens is 290 g/mol. The Morgan fingerprint density at radius 1 is 1.50 bits per heavy atom. The summed E-state index contributed by atoms with van der Waals surface area (Å²) >= 11 is 4.92. The summed E-state index contributed by atoms with van der Waals surface area (Å²) in [5.41, 5.74) is 0.459. The van der Waals surface area contributed by atoms with Gasteiger partial charge in [0.05, 0.1) is 15.7 Å². The van der Waals surface area contributed by atoms with Gasteiger partial charge >= 0.3 is 0 Å². The van der Waals surface area contributed by atoms with Crippen molar-refractivity contribution in [3.05, 3.63) is 20.8 Å². The van der Waals surface area contributed by atoms with E-state index in [9.17, 15) is 9.59 Å². The van der Waals surface area contributed by atoms with Gasteiger partial charge in [-0.1, -0.05) is 13.8 Å². The second-order valence-corrected chi connectivity index (χ2v) is 6.90. The molecule has 1 aromatic heterocycles. The van der Waals surface area contributed by atoms with Crippen LogP contribution in [-0.4, -0.2) is 16.7 Å². The van der Waals surface area contributed by atoms with Crippen molar-refractivity contribution in [2.24, 2.45) is 5.41 Å². The normalized spacial score (nSPS) is 19.6. The lowest BCUT2D eigenvalue weighted by molar-refractivity contribution is -0.141. The molecule has 1 aromatic rings. The molecule has 1 saturated heterocycles. The Bertz CT molecular complexity index is 453. The maximum Gasteiger partial charge on any atom is 0.235 e. The zero-order valence-electron chi connectivity index (χ0n) is 9.12. The van der Waals surface area contributed by atoms with E-state index in [2.05, 4.69) is 15.9 Å². The van der Waals surface area contributed by atoms with Gasteiger partial charge in [0, 0.05) is 6.42 Å². The first-order chi connectivity index (χ1) is 7.40. The molecule has 0 spiro atoms. The first kappa shape index (κ1) is 11.8. The number of amides is 2. The Hall–Kier alpha value is -0.680. The van der Waals surface area contributed by atoms with E-state index < -0.39 is 5.41 Å². The summed E-state index contributed by atoms with van der Waals surface area (Å²) in [6.07, 6.45) is 0.317. The standard InChI is InChI=1S/C11H12BrNO2S/c1-11(2)4-9(14)13(10(11)15)5-7-3-8(12)16-6-7/h3,6H,4-5H2,1-2H3. The van der Waals surface area contributed by atoms with Gasteiger partial charge in [0.1, 0.15) is 0 Å². The lowest BCUT2D eigenvalue weighted by atomic mass is 9.92. The number of rotatable bonds is 2. The first-order valence-corrected chi connectivity index (χ1v) is 6.65. The number of carbonyl (C=O) groups excluding carboxylic acids is 2. The second-order valence-electron chi connectivity index (χ2n) is 4.60. The largest absolute Gasteiger partial charge is 0.278 e. The third-order valence-electron chi connectivity index (χ3n) is 2.68. The van der Waals surface area contributed by atoms with Crippen LogP contribution in [0, 0.1) is 5.41 Å². The van der Waals surface area contributed by atoms with Crippen LogP contribution in [0.1, 0.15) is 25.8 Å². The minimum absolute atomic E-state index is 0.0696. The van der Waals surface area contributed by atoms with Crippen molar-refractivity contribution in [3.63, 3.8) is 0 Å². The van der Waals surface area contributed by atoms with E-state index in [0.717, 1.165) is 9.35 Å². The minimum atomic E-state index is -0.537. The van der Waals surface area contributed by atoms with Gasteiger partial charge in [-0.15, -0.1) is 11.3 Å². The molecule has 86 valence electrons. The van der Waals surface area contributed by atoms with Gasteiger partial charge in [-0.3, -0.25) is 14.5 Å². The summed E-state index contributed by atoms with van der Waals surface area (Å²) in [5, 5.41) is 1.95. The molecule has 1 aliphatic rings. The molecule has 0 N–H and O–H groups in total. The Labute approximate surface area is 107 Å². The van der Waals surface area contributed by atoms with Crippen molar-refractivity contribution in [3.8, 4) is 0 Å². The van der Waals surface area contributed by atoms with Gasteiger partial charge in [0.15, 0.2) is 0 Å². The number of hydrogen-bond acceptors (Lipinski definition) is 3. The number of imide groups is 1. The molecule has 2 rings (SSSR count). The smallest absolute Gasteiger partial charge is 0.235 e. The fraction of sp³-hybridized carbons (Fsp3) is 0.455. The van der Waals surface area contributed by atoms with Gasteiger partial charge in [-0.05, 0) is 32.9 Å². The lowest BCUT2D eigenvalue weighted by Gasteiger charge is -2.16. The molecule has 0 unspecified atom stereocenters. The van der Waals surface area contributed by atoms with E-state index in [1.165, 1.54) is 4.90 Å². The summed E-state index contributed by atoms with van der Waals surface area (Å²) in [6.45, 7) is 4.02. The molecule has 0 aliphatic carbocycles. The Kier molecular flexibility index (Phi) is 2.92. The monoisotopic (exact) mass is 301 g/mol. The van der Waals surface area contributed by atoms with Crippen LogP contribution in [0.2, 0.25) is 0 Å². The highest BCUT2D eigenvalue weighted by Crippen LogP contribution is 2.33. The van der Waals surface area contributed by atoms with Crippen LogP contribution in [0.15, 0.2) is 15.2 Å². The molecule has 0 radical (unpaired) electrons. The average Bonchev–Trinajstić information content (AvgIpc) is 2.65. The Morgan fingerprint density at radius 2 is 2.19 bits per heavy atom. The van der Waals surface area contributed by atoms with Crippen molar-refractivity contribution in [2.45, 2.75) is 26.8 Å². The molecule has 0 saturated carbocycles. The van der Waals surface area contributed by atoms with Crippen molar-refractivity contribution in [1.29, 1.82) is 0 Å². The quantitative estimate of drug-likeness (QED) is 0.788. The lowest BCUT2D eigenvalue weighted by Crippen LogP contribution is -2.32. The first-order valence-electron chi connectivity index (χ1n) is 4.98. The SMILES string of the molecule is CC1(C)CC(=O)N(Cc2csc(Br)c2)C1=O. The van der Waals surface area contributed by atoms with E-state index in [1.807, 2.05) is 25.3 Å². The van der Waals surface area contributed by atoms with E-state index in [-0.39, 0.29) is 11.8 Å². The van der Waals surface area contributed by atoms with Crippen LogP contribution in [-0.2, 0) is 16.1 Å². The predicted molar refractivity (Wildman–Crippen MR) is 66.0 cm³/mol. The van der Waals surface area contributed by atoms with Crippen molar-refractivity contribution >= 4 is 39.1 Å². The number of hydrogen-bond donors (Lipinski definition) is 0. The molecule has 2 heterocycles. The summed E-state index contributed by atoms with van der Waals surface area (Å²) in [7, 11) is 0. The molecule has 5 heteroatoms. The Balaban J connectivity index is 2.17. The van der Waals surface area contributed by atoms with Crippen LogP contribution < -0.4 is 0 Å². The van der Waals surface area contributed by atoms with Gasteiger partial charge < -0.3 is 0 Å². The highest BCUT2D eigenvalue weighted by atomic mass is 79.9. The van der Waals surface area contributed by atoms with E-state index in [1.54, 1.807) is 11.3 Å². The maximum absolute atomic E-state index is 11.9. The van der Waals surface area contributed by atoms with Crippen LogP contribution in [0.25, 0.3) is 0 Å². The molecule has 16 heavy (non-hydrogen) atoms. The third-order valence-corrected chi connectivity index (χ3v) is 4.23. The molecule has 0 atom stereocenters. The average molecular weight is 302 g/mol. The van der Waals surface area contributed by atoms with E-state index >= 15 is 0 Å². The van der Waals surface area contributed by atoms with Crippen LogP contribution >= 0.6 is 27.3 Å². The number of nitrogens with zero attached hydrogens (tertiary/aromatic N) is 1. The minimum Gasteiger partial charge on any atom is -0.278 e. The highest BCUT2D eigenvalue weighted by molar-refractivity contribution is 9.11. The fourth-order valence-corrected chi connectivity index (χ4v) is 3.00. The van der Waals surface area contributed by atoms with Crippen molar-refractivity contribution in [2.75, 3.05) is 0 Å². The number of likely N-dealkylation sites (tertiary alicyclic amines) is 1. The van der Waals surface area contributed by atoms with Crippen LogP contribution in [0.3, 0.4) is 0 Å². The number of thiophene rings is 1. The maximum atomic E-state index is 11.9. The highest BCUT2D eigenvalue weighted by Gasteiger charge is 2.44. The molecule has 1 fully saturated rings. The van der Waals surface area contributed by atoms with E-state index in [0.29, 0.717) is 13.0 Å². The molecule has 0 aromatic carbocycles. The van der Waals surface area contributed by atoms with E-state index in [4.69, 9.17) is 0 Å². The summed E-state index contributed by atoms with van der Waals surface area (Å²) in [5.74, 6) is -0.142. The predicted octanol–water partition coefficient (Wildman–Crippen LogP) is 2.80. The van der Waals surface area contributed by atoms with Crippen LogP contribution in [0.5, 0.6) is 0 Å². The molecular formula is C11H12BrNO2S. The van der Waals surface area contributed by atoms with Gasteiger partial charge in [0.25, 0.3) is 0 Å². The zero-order chi connectivity index (χ0) is 11.9. The summed E-state index contributed by atoms with van der Waals surface area (Å²) < 4.78 is 1.01. The van der Waals surface area contributed by atoms with Gasteiger partial charge in [-0.2, -0.15) is 0 Å². The zero-order valence-corrected chi connectivity index (χ0v) is 11.5. The molecule has 0 bridgehead atoms. The molecule has 2 amide bonds. The number of carbonyl (C=O) groups is 2. The van der Waals surface area contributed by atoms with Crippen LogP contribution in [0.4, 0.5) is 0 Å². The molecule has 1 aliphatic heterocycles. The van der Waals surface area contributed by atoms with Crippen molar-refractivity contribution < 1.29 is 9.59 Å². The van der Waals surface area contributed by atoms with Crippen molar-refractivity contribution in [1.82, 2.24) is 4.90 Å². The van der Waals surface area contributed by atoms with Gasteiger partial charge in [-0.25, -0.2) is 0 Å². The Morgan fingerprint density at radius 3 is 2.62 bits per heavy atom. The summed E-state index contributed by atoms with van der Waals surface area (Å²) in [4.78, 5) is 25.0. The topological polar surface area (TPSA) is 37.4 Å². The fourth-order valence-electron chi connectivity index (χ4n) is 1.80. The number of halogens is 1. The van der Waals surface area contributed by atoms with Gasteiger partial charge in [0.2, 0.25) is 11.8 Å².